The third-order valence-corrected chi connectivity index (χ3v) is 4.96. The first-order valence-corrected chi connectivity index (χ1v) is 8.26. The molecule has 2 aromatic carbocycles. The standard InChI is InChI=1S/C19H19F3N2/c20-19(21,22)18(24-9-7-23-8-10-24)14-5-6-17-15(12-14)11-13-3-1-2-4-16(13)17/h1-6,12,18,23H,7-11H2/t18-/m0/s1. The number of alkyl halides is 3. The van der Waals surface area contributed by atoms with Crippen LogP contribution in [0.25, 0.3) is 11.1 Å². The number of benzene rings is 2. The Labute approximate surface area is 139 Å². The van der Waals surface area contributed by atoms with Crippen molar-refractivity contribution in [2.75, 3.05) is 26.2 Å². The normalized spacial score (nSPS) is 19.0. The molecule has 0 amide bonds. The maximum atomic E-state index is 13.7. The fourth-order valence-electron chi connectivity index (χ4n) is 3.88. The maximum Gasteiger partial charge on any atom is 0.408 e. The first kappa shape index (κ1) is 15.7. The van der Waals surface area contributed by atoms with Crippen molar-refractivity contribution in [3.05, 3.63) is 59.2 Å². The van der Waals surface area contributed by atoms with Gasteiger partial charge >= 0.3 is 6.18 Å². The van der Waals surface area contributed by atoms with Gasteiger partial charge in [-0.15, -0.1) is 0 Å². The summed E-state index contributed by atoms with van der Waals surface area (Å²) in [6, 6.07) is 11.8. The van der Waals surface area contributed by atoms with Gasteiger partial charge in [0, 0.05) is 26.2 Å². The summed E-state index contributed by atoms with van der Waals surface area (Å²) >= 11 is 0. The van der Waals surface area contributed by atoms with Crippen molar-refractivity contribution in [3.8, 4) is 11.1 Å². The van der Waals surface area contributed by atoms with Crippen LogP contribution in [0.1, 0.15) is 22.7 Å². The van der Waals surface area contributed by atoms with Gasteiger partial charge in [0.05, 0.1) is 0 Å². The largest absolute Gasteiger partial charge is 0.408 e. The highest BCUT2D eigenvalue weighted by atomic mass is 19.4. The lowest BCUT2D eigenvalue weighted by Gasteiger charge is -2.36. The fourth-order valence-corrected chi connectivity index (χ4v) is 3.88. The lowest BCUT2D eigenvalue weighted by atomic mass is 9.98. The molecule has 24 heavy (non-hydrogen) atoms. The van der Waals surface area contributed by atoms with Crippen LogP contribution >= 0.6 is 0 Å². The van der Waals surface area contributed by atoms with E-state index in [1.165, 1.54) is 5.56 Å². The van der Waals surface area contributed by atoms with Crippen LogP contribution in [0.4, 0.5) is 13.2 Å². The van der Waals surface area contributed by atoms with Crippen molar-refractivity contribution in [1.29, 1.82) is 0 Å². The van der Waals surface area contributed by atoms with E-state index >= 15 is 0 Å². The van der Waals surface area contributed by atoms with Gasteiger partial charge in [0.25, 0.3) is 0 Å². The molecule has 1 heterocycles. The molecule has 0 aromatic heterocycles. The minimum Gasteiger partial charge on any atom is -0.314 e. The zero-order valence-electron chi connectivity index (χ0n) is 13.2. The molecule has 0 radical (unpaired) electrons. The van der Waals surface area contributed by atoms with E-state index in [0.717, 1.165) is 16.7 Å². The lowest BCUT2D eigenvalue weighted by molar-refractivity contribution is -0.187. The predicted octanol–water partition coefficient (Wildman–Crippen LogP) is 3.77. The van der Waals surface area contributed by atoms with E-state index in [0.29, 0.717) is 38.2 Å². The van der Waals surface area contributed by atoms with E-state index in [2.05, 4.69) is 5.32 Å². The molecule has 0 saturated carbocycles. The molecular formula is C19H19F3N2. The Hall–Kier alpha value is -1.85. The summed E-state index contributed by atoms with van der Waals surface area (Å²) in [5, 5.41) is 3.12. The molecule has 5 heteroatoms. The molecule has 0 unspecified atom stereocenters. The van der Waals surface area contributed by atoms with Crippen molar-refractivity contribution >= 4 is 0 Å². The first-order valence-electron chi connectivity index (χ1n) is 8.26. The van der Waals surface area contributed by atoms with Gasteiger partial charge in [-0.3, -0.25) is 4.90 Å². The highest BCUT2D eigenvalue weighted by molar-refractivity contribution is 5.77. The van der Waals surface area contributed by atoms with Crippen LogP contribution in [0.3, 0.4) is 0 Å². The molecule has 4 rings (SSSR count). The van der Waals surface area contributed by atoms with Gasteiger partial charge in [0.2, 0.25) is 0 Å². The number of hydrogen-bond acceptors (Lipinski definition) is 2. The average molecular weight is 332 g/mol. The fraction of sp³-hybridized carbons (Fsp3) is 0.368. The van der Waals surface area contributed by atoms with E-state index in [4.69, 9.17) is 0 Å². The Balaban J connectivity index is 1.71. The average Bonchev–Trinajstić information content (AvgIpc) is 2.92. The number of piperazine rings is 1. The quantitative estimate of drug-likeness (QED) is 0.769. The van der Waals surface area contributed by atoms with Crippen LogP contribution in [0.2, 0.25) is 0 Å². The number of rotatable bonds is 2. The van der Waals surface area contributed by atoms with Crippen LogP contribution in [0.15, 0.2) is 42.5 Å². The van der Waals surface area contributed by atoms with E-state index in [9.17, 15) is 13.2 Å². The molecule has 1 N–H and O–H groups in total. The Morgan fingerprint density at radius 3 is 2.38 bits per heavy atom. The smallest absolute Gasteiger partial charge is 0.314 e. The Bertz CT molecular complexity index is 749. The second-order valence-electron chi connectivity index (χ2n) is 6.48. The first-order chi connectivity index (χ1) is 11.5. The molecule has 126 valence electrons. The van der Waals surface area contributed by atoms with Gasteiger partial charge in [-0.25, -0.2) is 0 Å². The predicted molar refractivity (Wildman–Crippen MR) is 87.9 cm³/mol. The van der Waals surface area contributed by atoms with Crippen molar-refractivity contribution < 1.29 is 13.2 Å². The van der Waals surface area contributed by atoms with Crippen LogP contribution < -0.4 is 5.32 Å². The number of nitrogens with one attached hydrogen (secondary N) is 1. The van der Waals surface area contributed by atoms with Gasteiger partial charge in [-0.05, 0) is 34.2 Å². The van der Waals surface area contributed by atoms with Gasteiger partial charge in [-0.1, -0.05) is 42.5 Å². The number of nitrogens with zero attached hydrogens (tertiary/aromatic N) is 1. The van der Waals surface area contributed by atoms with Crippen LogP contribution in [0, 0.1) is 0 Å². The van der Waals surface area contributed by atoms with Crippen molar-refractivity contribution in [2.45, 2.75) is 18.6 Å². The molecule has 1 aliphatic carbocycles. The second-order valence-corrected chi connectivity index (χ2v) is 6.48. The molecule has 2 aliphatic rings. The maximum absolute atomic E-state index is 13.7. The van der Waals surface area contributed by atoms with E-state index in [1.807, 2.05) is 30.3 Å². The number of hydrogen-bond donors (Lipinski definition) is 1. The Morgan fingerprint density at radius 1 is 0.917 bits per heavy atom. The van der Waals surface area contributed by atoms with Crippen molar-refractivity contribution in [1.82, 2.24) is 10.2 Å². The van der Waals surface area contributed by atoms with Gasteiger partial charge in [0.15, 0.2) is 0 Å². The minimum absolute atomic E-state index is 0.357. The molecule has 1 aliphatic heterocycles. The molecule has 1 fully saturated rings. The molecular weight excluding hydrogens is 313 g/mol. The molecule has 2 aromatic rings. The zero-order chi connectivity index (χ0) is 16.7. The highest BCUT2D eigenvalue weighted by Gasteiger charge is 2.45. The Kier molecular flexibility index (Phi) is 3.85. The summed E-state index contributed by atoms with van der Waals surface area (Å²) in [6.45, 7) is 2.04. The van der Waals surface area contributed by atoms with Crippen molar-refractivity contribution in [3.63, 3.8) is 0 Å². The van der Waals surface area contributed by atoms with Gasteiger partial charge in [-0.2, -0.15) is 13.2 Å². The third kappa shape index (κ3) is 2.72. The molecule has 1 atom stereocenters. The molecule has 2 nitrogen and oxygen atoms in total. The van der Waals surface area contributed by atoms with Gasteiger partial charge < -0.3 is 5.32 Å². The van der Waals surface area contributed by atoms with Gasteiger partial charge in [0.1, 0.15) is 6.04 Å². The topological polar surface area (TPSA) is 15.3 Å². The summed E-state index contributed by atoms with van der Waals surface area (Å²) in [5.74, 6) is 0. The molecule has 1 saturated heterocycles. The van der Waals surface area contributed by atoms with Crippen LogP contribution in [-0.4, -0.2) is 37.3 Å². The summed E-state index contributed by atoms with van der Waals surface area (Å²) in [4.78, 5) is 1.54. The lowest BCUT2D eigenvalue weighted by Crippen LogP contribution is -2.49. The zero-order valence-corrected chi connectivity index (χ0v) is 13.2. The monoisotopic (exact) mass is 332 g/mol. The summed E-state index contributed by atoms with van der Waals surface area (Å²) < 4.78 is 41.2. The summed E-state index contributed by atoms with van der Waals surface area (Å²) in [6.07, 6.45) is -3.55. The second kappa shape index (κ2) is 5.90. The van der Waals surface area contributed by atoms with Crippen LogP contribution in [0.5, 0.6) is 0 Å². The molecule has 0 bridgehead atoms. The van der Waals surface area contributed by atoms with Crippen molar-refractivity contribution in [2.24, 2.45) is 0 Å². The SMILES string of the molecule is FC(F)(F)[C@H](c1ccc2c(c1)Cc1ccccc1-2)N1CCNCC1. The molecule has 0 spiro atoms. The summed E-state index contributed by atoms with van der Waals surface area (Å²) in [5.41, 5.74) is 4.75. The van der Waals surface area contributed by atoms with Crippen LogP contribution in [-0.2, 0) is 6.42 Å². The number of halogens is 3. The third-order valence-electron chi connectivity index (χ3n) is 4.96. The summed E-state index contributed by atoms with van der Waals surface area (Å²) in [7, 11) is 0. The highest BCUT2D eigenvalue weighted by Crippen LogP contribution is 2.42. The van der Waals surface area contributed by atoms with E-state index in [1.54, 1.807) is 17.0 Å². The van der Waals surface area contributed by atoms with E-state index in [-0.39, 0.29) is 0 Å². The number of fused-ring (bicyclic) bond motifs is 3. The minimum atomic E-state index is -4.27. The van der Waals surface area contributed by atoms with E-state index < -0.39 is 12.2 Å². The Morgan fingerprint density at radius 2 is 1.62 bits per heavy atom.